The molecule has 0 bridgehead atoms. The molecule has 0 aliphatic carbocycles. The Kier molecular flexibility index (Phi) is 6.85. The van der Waals surface area contributed by atoms with Crippen LogP contribution in [-0.4, -0.2) is 19.3 Å². The van der Waals surface area contributed by atoms with Crippen LogP contribution in [0.15, 0.2) is 104 Å². The van der Waals surface area contributed by atoms with Crippen LogP contribution in [0.25, 0.3) is 44.4 Å². The van der Waals surface area contributed by atoms with Gasteiger partial charge in [-0.15, -0.1) is 0 Å². The lowest BCUT2D eigenvalue weighted by Gasteiger charge is -2.20. The number of aryl methyl sites for hydroxylation is 2. The van der Waals surface area contributed by atoms with Gasteiger partial charge in [-0.3, -0.25) is 4.57 Å². The third kappa shape index (κ3) is 5.08. The molecule has 0 atom stereocenters. The zero-order valence-electron chi connectivity index (χ0n) is 27.0. The van der Waals surface area contributed by atoms with Crippen molar-refractivity contribution in [2.75, 3.05) is 0 Å². The Morgan fingerprint density at radius 1 is 0.689 bits per heavy atom. The topological polar surface area (TPSA) is 44.9 Å². The van der Waals surface area contributed by atoms with Gasteiger partial charge in [0.15, 0.2) is 0 Å². The molecule has 7 rings (SSSR count). The summed E-state index contributed by atoms with van der Waals surface area (Å²) in [4.78, 5) is 4.81. The summed E-state index contributed by atoms with van der Waals surface area (Å²) >= 11 is 0. The molecule has 0 N–H and O–H groups in total. The lowest BCUT2D eigenvalue weighted by molar-refractivity contribution is 0.483. The number of ether oxygens (including phenoxy) is 1. The van der Waals surface area contributed by atoms with Crippen molar-refractivity contribution in [1.82, 2.24) is 19.3 Å². The van der Waals surface area contributed by atoms with E-state index in [1.807, 2.05) is 41.3 Å². The van der Waals surface area contributed by atoms with Gasteiger partial charge in [0, 0.05) is 40.9 Å². The van der Waals surface area contributed by atoms with Crippen molar-refractivity contribution in [2.24, 2.45) is 0 Å². The summed E-state index contributed by atoms with van der Waals surface area (Å²) in [5, 5.41) is 7.09. The minimum absolute atomic E-state index is 0.0156. The second-order valence-corrected chi connectivity index (χ2v) is 13.1. The first-order chi connectivity index (χ1) is 21.6. The average Bonchev–Trinajstić information content (AvgIpc) is 3.63. The molecule has 0 amide bonds. The zero-order valence-corrected chi connectivity index (χ0v) is 27.0. The van der Waals surface area contributed by atoms with Gasteiger partial charge in [-0.05, 0) is 109 Å². The second-order valence-electron chi connectivity index (χ2n) is 13.1. The normalized spacial score (nSPS) is 11.9. The monoisotopic (exact) mass is 590 g/mol. The van der Waals surface area contributed by atoms with E-state index in [0.29, 0.717) is 0 Å². The summed E-state index contributed by atoms with van der Waals surface area (Å²) < 4.78 is 10.7. The number of nitrogens with zero attached hydrogens (tertiary/aromatic N) is 4. The third-order valence-corrected chi connectivity index (χ3v) is 9.04. The van der Waals surface area contributed by atoms with Gasteiger partial charge in [-0.2, -0.15) is 5.10 Å². The standard InChI is InChI=1S/C40H38N4O/c1-25-19-26(2)28(4)39(27(25)3)29-23-42-43(24-29)31-11-10-12-32(21-31)45-33-15-16-35-34-13-8-9-14-36(34)44(37(35)22-33)38-20-30(17-18-41-38)40(5,6)7/h8-24H,1-7H3. The molecule has 5 heteroatoms. The van der Waals surface area contributed by atoms with Crippen LogP contribution in [0.5, 0.6) is 11.5 Å². The molecule has 0 fully saturated rings. The molecular formula is C40H38N4O. The third-order valence-electron chi connectivity index (χ3n) is 9.04. The van der Waals surface area contributed by atoms with Crippen LogP contribution in [0.2, 0.25) is 0 Å². The molecule has 0 saturated carbocycles. The van der Waals surface area contributed by atoms with Crippen LogP contribution < -0.4 is 4.74 Å². The maximum Gasteiger partial charge on any atom is 0.137 e. The van der Waals surface area contributed by atoms with Crippen molar-refractivity contribution in [3.05, 3.63) is 131 Å². The van der Waals surface area contributed by atoms with Gasteiger partial charge in [0.05, 0.1) is 22.9 Å². The van der Waals surface area contributed by atoms with Crippen molar-refractivity contribution in [3.8, 4) is 34.1 Å². The molecule has 0 aliphatic heterocycles. The molecule has 7 aromatic rings. The molecule has 0 spiro atoms. The highest BCUT2D eigenvalue weighted by atomic mass is 16.5. The van der Waals surface area contributed by atoms with Gasteiger partial charge in [0.1, 0.15) is 17.3 Å². The minimum atomic E-state index is 0.0156. The number of aromatic nitrogens is 4. The Morgan fingerprint density at radius 3 is 2.20 bits per heavy atom. The van der Waals surface area contributed by atoms with E-state index in [1.54, 1.807) is 0 Å². The van der Waals surface area contributed by atoms with Gasteiger partial charge < -0.3 is 4.74 Å². The van der Waals surface area contributed by atoms with Gasteiger partial charge in [-0.1, -0.05) is 51.1 Å². The van der Waals surface area contributed by atoms with Crippen molar-refractivity contribution in [1.29, 1.82) is 0 Å². The second kappa shape index (κ2) is 10.8. The van der Waals surface area contributed by atoms with Crippen LogP contribution in [-0.2, 0) is 5.41 Å². The number of hydrogen-bond donors (Lipinski definition) is 0. The fourth-order valence-corrected chi connectivity index (χ4v) is 6.34. The Bertz CT molecular complexity index is 2200. The molecule has 5 nitrogen and oxygen atoms in total. The predicted molar refractivity (Wildman–Crippen MR) is 185 cm³/mol. The van der Waals surface area contributed by atoms with Gasteiger partial charge >= 0.3 is 0 Å². The maximum absolute atomic E-state index is 6.50. The van der Waals surface area contributed by atoms with Crippen molar-refractivity contribution in [2.45, 2.75) is 53.9 Å². The van der Waals surface area contributed by atoms with E-state index >= 15 is 0 Å². The van der Waals surface area contributed by atoms with E-state index in [0.717, 1.165) is 45.0 Å². The summed E-state index contributed by atoms with van der Waals surface area (Å²) in [5.74, 6) is 2.41. The maximum atomic E-state index is 6.50. The molecule has 3 aromatic heterocycles. The summed E-state index contributed by atoms with van der Waals surface area (Å²) in [5.41, 5.74) is 11.9. The van der Waals surface area contributed by atoms with E-state index in [2.05, 4.69) is 120 Å². The van der Waals surface area contributed by atoms with E-state index in [4.69, 9.17) is 14.8 Å². The Morgan fingerprint density at radius 2 is 1.42 bits per heavy atom. The number of benzene rings is 4. The van der Waals surface area contributed by atoms with Gasteiger partial charge in [0.2, 0.25) is 0 Å². The number of hydrogen-bond acceptors (Lipinski definition) is 3. The summed E-state index contributed by atoms with van der Waals surface area (Å²) in [6.07, 6.45) is 5.97. The van der Waals surface area contributed by atoms with Crippen LogP contribution in [0, 0.1) is 27.7 Å². The Hall–Kier alpha value is -5.16. The average molecular weight is 591 g/mol. The minimum Gasteiger partial charge on any atom is -0.457 e. The van der Waals surface area contributed by atoms with Crippen molar-refractivity contribution >= 4 is 21.8 Å². The molecule has 45 heavy (non-hydrogen) atoms. The molecule has 4 aromatic carbocycles. The lowest BCUT2D eigenvalue weighted by atomic mass is 9.88. The summed E-state index contributed by atoms with van der Waals surface area (Å²) in [6, 6.07) is 29.5. The van der Waals surface area contributed by atoms with Crippen LogP contribution in [0.4, 0.5) is 0 Å². The van der Waals surface area contributed by atoms with Crippen molar-refractivity contribution < 1.29 is 4.74 Å². The first kappa shape index (κ1) is 28.6. The lowest BCUT2D eigenvalue weighted by Crippen LogP contribution is -2.12. The fourth-order valence-electron chi connectivity index (χ4n) is 6.34. The summed E-state index contributed by atoms with van der Waals surface area (Å²) in [7, 11) is 0. The van der Waals surface area contributed by atoms with Crippen LogP contribution in [0.3, 0.4) is 0 Å². The first-order valence-corrected chi connectivity index (χ1v) is 15.5. The van der Waals surface area contributed by atoms with Gasteiger partial charge in [-0.25, -0.2) is 9.67 Å². The number of para-hydroxylation sites is 1. The smallest absolute Gasteiger partial charge is 0.137 e. The van der Waals surface area contributed by atoms with Crippen LogP contribution >= 0.6 is 0 Å². The predicted octanol–water partition coefficient (Wildman–Crippen LogP) is 10.4. The van der Waals surface area contributed by atoms with Crippen LogP contribution in [0.1, 0.15) is 48.6 Å². The number of pyridine rings is 1. The largest absolute Gasteiger partial charge is 0.457 e. The molecule has 224 valence electrons. The first-order valence-electron chi connectivity index (χ1n) is 15.5. The zero-order chi connectivity index (χ0) is 31.5. The fraction of sp³-hybridized carbons (Fsp3) is 0.200. The highest BCUT2D eigenvalue weighted by Crippen LogP contribution is 2.36. The summed E-state index contributed by atoms with van der Waals surface area (Å²) in [6.45, 7) is 15.4. The molecule has 0 radical (unpaired) electrons. The quantitative estimate of drug-likeness (QED) is 0.200. The Labute approximate surface area is 264 Å². The highest BCUT2D eigenvalue weighted by molar-refractivity contribution is 6.09. The number of fused-ring (bicyclic) bond motifs is 3. The van der Waals surface area contributed by atoms with E-state index in [9.17, 15) is 0 Å². The highest BCUT2D eigenvalue weighted by Gasteiger charge is 2.18. The SMILES string of the molecule is Cc1cc(C)c(C)c(-c2cnn(-c3cccc(Oc4ccc5c6ccccc6n(-c6cc(C(C)(C)C)ccn6)c5c4)c3)c2)c1C. The number of rotatable bonds is 5. The van der Waals surface area contributed by atoms with E-state index in [-0.39, 0.29) is 5.41 Å². The van der Waals surface area contributed by atoms with Gasteiger partial charge in [0.25, 0.3) is 0 Å². The molecular weight excluding hydrogens is 552 g/mol. The molecule has 0 saturated heterocycles. The molecule has 3 heterocycles. The van der Waals surface area contributed by atoms with E-state index < -0.39 is 0 Å². The molecule has 0 aliphatic rings. The molecule has 0 unspecified atom stereocenters. The van der Waals surface area contributed by atoms with Crippen molar-refractivity contribution in [3.63, 3.8) is 0 Å². The Balaban J connectivity index is 1.26. The van der Waals surface area contributed by atoms with E-state index in [1.165, 1.54) is 38.8 Å².